The maximum absolute atomic E-state index is 11.7. The van der Waals surface area contributed by atoms with Crippen molar-refractivity contribution in [2.75, 3.05) is 21.2 Å². The Morgan fingerprint density at radius 1 is 1.53 bits per heavy atom. The van der Waals surface area contributed by atoms with Gasteiger partial charge in [0.15, 0.2) is 0 Å². The Labute approximate surface area is 106 Å². The summed E-state index contributed by atoms with van der Waals surface area (Å²) in [5.74, 6) is 0.573. The van der Waals surface area contributed by atoms with Crippen LogP contribution in [0.4, 0.5) is 0 Å². The number of likely N-dealkylation sites (N-methyl/N-ethyl adjacent to an activating group) is 1. The number of nitrogens with two attached hydrogens (primary N) is 1. The molecule has 17 heavy (non-hydrogen) atoms. The van der Waals surface area contributed by atoms with Gasteiger partial charge >= 0.3 is 0 Å². The van der Waals surface area contributed by atoms with Gasteiger partial charge < -0.3 is 15.4 Å². The van der Waals surface area contributed by atoms with Crippen LogP contribution in [0.2, 0.25) is 5.02 Å². The molecule has 1 rings (SSSR count). The first-order valence-electron chi connectivity index (χ1n) is 5.25. The Kier molecular flexibility index (Phi) is 4.78. The molecule has 0 fully saturated rings. The summed E-state index contributed by atoms with van der Waals surface area (Å²) in [7, 11) is 4.93. The van der Waals surface area contributed by atoms with E-state index < -0.39 is 6.04 Å². The van der Waals surface area contributed by atoms with Crippen molar-refractivity contribution in [1.82, 2.24) is 4.90 Å². The average Bonchev–Trinajstić information content (AvgIpc) is 2.28. The molecule has 0 saturated heterocycles. The van der Waals surface area contributed by atoms with E-state index in [-0.39, 0.29) is 5.91 Å². The molecular formula is C12H17ClN2O2. The number of hydrogen-bond donors (Lipinski definition) is 1. The lowest BCUT2D eigenvalue weighted by atomic mass is 10.0. The summed E-state index contributed by atoms with van der Waals surface area (Å²) in [6.45, 7) is 0. The molecule has 0 aliphatic carbocycles. The highest BCUT2D eigenvalue weighted by atomic mass is 35.5. The van der Waals surface area contributed by atoms with E-state index in [0.717, 1.165) is 5.56 Å². The Morgan fingerprint density at radius 3 is 2.71 bits per heavy atom. The van der Waals surface area contributed by atoms with Gasteiger partial charge in [0.1, 0.15) is 5.75 Å². The second-order valence-corrected chi connectivity index (χ2v) is 4.44. The maximum Gasteiger partial charge on any atom is 0.239 e. The number of methoxy groups -OCH3 is 1. The largest absolute Gasteiger partial charge is 0.496 e. The Bertz CT molecular complexity index is 407. The summed E-state index contributed by atoms with van der Waals surface area (Å²) in [5, 5.41) is 0.602. The van der Waals surface area contributed by atoms with Crippen molar-refractivity contribution in [3.05, 3.63) is 28.8 Å². The summed E-state index contributed by atoms with van der Waals surface area (Å²) in [5.41, 5.74) is 6.67. The second-order valence-electron chi connectivity index (χ2n) is 4.00. The van der Waals surface area contributed by atoms with Crippen molar-refractivity contribution in [2.24, 2.45) is 5.73 Å². The molecule has 4 nitrogen and oxygen atoms in total. The van der Waals surface area contributed by atoms with E-state index in [0.29, 0.717) is 17.2 Å². The standard InChI is InChI=1S/C12H17ClN2O2/c1-15(2)12(16)10(14)7-8-6-9(13)4-5-11(8)17-3/h4-6,10H,7,14H2,1-3H3. The van der Waals surface area contributed by atoms with Gasteiger partial charge in [0.05, 0.1) is 13.2 Å². The summed E-state index contributed by atoms with van der Waals surface area (Å²) in [6, 6.07) is 4.69. The minimum Gasteiger partial charge on any atom is -0.496 e. The number of hydrogen-bond acceptors (Lipinski definition) is 3. The lowest BCUT2D eigenvalue weighted by Gasteiger charge is -2.18. The zero-order valence-electron chi connectivity index (χ0n) is 10.2. The topological polar surface area (TPSA) is 55.6 Å². The number of halogens is 1. The van der Waals surface area contributed by atoms with Crippen molar-refractivity contribution in [3.63, 3.8) is 0 Å². The number of benzene rings is 1. The maximum atomic E-state index is 11.7. The molecule has 0 spiro atoms. The Hall–Kier alpha value is -1.26. The third-order valence-corrected chi connectivity index (χ3v) is 2.68. The van der Waals surface area contributed by atoms with E-state index in [1.54, 1.807) is 39.4 Å². The average molecular weight is 257 g/mol. The third kappa shape index (κ3) is 3.61. The number of rotatable bonds is 4. The monoisotopic (exact) mass is 256 g/mol. The van der Waals surface area contributed by atoms with Crippen molar-refractivity contribution in [1.29, 1.82) is 0 Å². The van der Waals surface area contributed by atoms with Crippen LogP contribution in [-0.4, -0.2) is 38.1 Å². The van der Waals surface area contributed by atoms with E-state index in [4.69, 9.17) is 22.1 Å². The molecule has 5 heteroatoms. The highest BCUT2D eigenvalue weighted by molar-refractivity contribution is 6.30. The fraction of sp³-hybridized carbons (Fsp3) is 0.417. The summed E-state index contributed by atoms with van der Waals surface area (Å²) in [6.07, 6.45) is 0.404. The summed E-state index contributed by atoms with van der Waals surface area (Å²) in [4.78, 5) is 13.1. The first-order chi connectivity index (χ1) is 7.95. The minimum absolute atomic E-state index is 0.118. The molecule has 1 amide bonds. The van der Waals surface area contributed by atoms with Gasteiger partial charge in [0.25, 0.3) is 0 Å². The van der Waals surface area contributed by atoms with Gasteiger partial charge in [0.2, 0.25) is 5.91 Å². The van der Waals surface area contributed by atoms with Crippen molar-refractivity contribution in [3.8, 4) is 5.75 Å². The van der Waals surface area contributed by atoms with Gasteiger partial charge in [-0.25, -0.2) is 0 Å². The minimum atomic E-state index is -0.586. The highest BCUT2D eigenvalue weighted by Gasteiger charge is 2.18. The molecular weight excluding hydrogens is 240 g/mol. The van der Waals surface area contributed by atoms with Crippen LogP contribution in [0, 0.1) is 0 Å². The lowest BCUT2D eigenvalue weighted by molar-refractivity contribution is -0.130. The van der Waals surface area contributed by atoms with Crippen LogP contribution in [0.5, 0.6) is 5.75 Å². The number of carbonyl (C=O) groups is 1. The number of nitrogens with zero attached hydrogens (tertiary/aromatic N) is 1. The zero-order valence-corrected chi connectivity index (χ0v) is 11.0. The molecule has 0 bridgehead atoms. The van der Waals surface area contributed by atoms with Crippen LogP contribution in [0.15, 0.2) is 18.2 Å². The highest BCUT2D eigenvalue weighted by Crippen LogP contribution is 2.23. The number of ether oxygens (including phenoxy) is 1. The van der Waals surface area contributed by atoms with Crippen molar-refractivity contribution < 1.29 is 9.53 Å². The van der Waals surface area contributed by atoms with Gasteiger partial charge in [0, 0.05) is 25.5 Å². The molecule has 94 valence electrons. The SMILES string of the molecule is COc1ccc(Cl)cc1CC(N)C(=O)N(C)C. The molecule has 1 atom stereocenters. The molecule has 1 unspecified atom stereocenters. The first-order valence-corrected chi connectivity index (χ1v) is 5.62. The molecule has 1 aromatic rings. The molecule has 0 heterocycles. The fourth-order valence-corrected chi connectivity index (χ4v) is 1.76. The third-order valence-electron chi connectivity index (χ3n) is 2.44. The van der Waals surface area contributed by atoms with Crippen molar-refractivity contribution in [2.45, 2.75) is 12.5 Å². The van der Waals surface area contributed by atoms with Gasteiger partial charge in [-0.05, 0) is 23.8 Å². The molecule has 1 aromatic carbocycles. The van der Waals surface area contributed by atoms with Crippen LogP contribution in [0.25, 0.3) is 0 Å². The summed E-state index contributed by atoms with van der Waals surface area (Å²) >= 11 is 5.91. The smallest absolute Gasteiger partial charge is 0.239 e. The van der Waals surface area contributed by atoms with Crippen LogP contribution < -0.4 is 10.5 Å². The van der Waals surface area contributed by atoms with E-state index in [1.807, 2.05) is 0 Å². The number of amides is 1. The van der Waals surface area contributed by atoms with E-state index in [1.165, 1.54) is 4.90 Å². The predicted octanol–water partition coefficient (Wildman–Crippen LogP) is 1.31. The molecule has 0 aliphatic heterocycles. The fourth-order valence-electron chi connectivity index (χ4n) is 1.56. The number of carbonyl (C=O) groups excluding carboxylic acids is 1. The Balaban J connectivity index is 2.87. The van der Waals surface area contributed by atoms with Crippen LogP contribution in [0.1, 0.15) is 5.56 Å². The lowest BCUT2D eigenvalue weighted by Crippen LogP contribution is -2.41. The predicted molar refractivity (Wildman–Crippen MR) is 68.4 cm³/mol. The molecule has 2 N–H and O–H groups in total. The summed E-state index contributed by atoms with van der Waals surface area (Å²) < 4.78 is 5.20. The second kappa shape index (κ2) is 5.89. The van der Waals surface area contributed by atoms with E-state index >= 15 is 0 Å². The van der Waals surface area contributed by atoms with Gasteiger partial charge in [-0.3, -0.25) is 4.79 Å². The van der Waals surface area contributed by atoms with Crippen LogP contribution in [0.3, 0.4) is 0 Å². The first kappa shape index (κ1) is 13.8. The van der Waals surface area contributed by atoms with Gasteiger partial charge in [-0.2, -0.15) is 0 Å². The Morgan fingerprint density at radius 2 is 2.18 bits per heavy atom. The molecule has 0 saturated carbocycles. The van der Waals surface area contributed by atoms with E-state index in [9.17, 15) is 4.79 Å². The van der Waals surface area contributed by atoms with Crippen LogP contribution in [-0.2, 0) is 11.2 Å². The van der Waals surface area contributed by atoms with Gasteiger partial charge in [-0.15, -0.1) is 0 Å². The normalized spacial score (nSPS) is 12.1. The zero-order chi connectivity index (χ0) is 13.0. The van der Waals surface area contributed by atoms with Crippen molar-refractivity contribution >= 4 is 17.5 Å². The molecule has 0 aliphatic rings. The van der Waals surface area contributed by atoms with Gasteiger partial charge in [-0.1, -0.05) is 11.6 Å². The van der Waals surface area contributed by atoms with E-state index in [2.05, 4.69) is 0 Å². The quantitative estimate of drug-likeness (QED) is 0.884. The molecule has 0 radical (unpaired) electrons. The molecule has 0 aromatic heterocycles. The van der Waals surface area contributed by atoms with Crippen LogP contribution >= 0.6 is 11.6 Å².